The highest BCUT2D eigenvalue weighted by atomic mass is 32.2. The van der Waals surface area contributed by atoms with Gasteiger partial charge in [0.05, 0.1) is 11.7 Å². The van der Waals surface area contributed by atoms with Gasteiger partial charge < -0.3 is 15.1 Å². The molecule has 1 N–H and O–H groups in total. The molecule has 1 amide bonds. The molecular formula is C16H32N4O3S. The lowest BCUT2D eigenvalue weighted by atomic mass is 9.99. The summed E-state index contributed by atoms with van der Waals surface area (Å²) in [5.74, 6) is -0.0973. The van der Waals surface area contributed by atoms with Gasteiger partial charge in [-0.2, -0.15) is 0 Å². The van der Waals surface area contributed by atoms with E-state index < -0.39 is 10.0 Å². The maximum absolute atomic E-state index is 12.3. The van der Waals surface area contributed by atoms with Crippen molar-refractivity contribution in [2.75, 3.05) is 65.2 Å². The summed E-state index contributed by atoms with van der Waals surface area (Å²) < 4.78 is 25.4. The SMILES string of the molecule is CCS(=O)(=O)N1CCCC(C(=O)NCCCN2CCN(C)CC2)C1. The van der Waals surface area contributed by atoms with Crippen molar-refractivity contribution in [3.8, 4) is 0 Å². The van der Waals surface area contributed by atoms with Crippen LogP contribution in [0.1, 0.15) is 26.2 Å². The van der Waals surface area contributed by atoms with Crippen LogP contribution >= 0.6 is 0 Å². The summed E-state index contributed by atoms with van der Waals surface area (Å²) in [6, 6.07) is 0. The van der Waals surface area contributed by atoms with Crippen molar-refractivity contribution < 1.29 is 13.2 Å². The average Bonchev–Trinajstić information content (AvgIpc) is 2.60. The van der Waals surface area contributed by atoms with Gasteiger partial charge in [-0.25, -0.2) is 12.7 Å². The lowest BCUT2D eigenvalue weighted by Gasteiger charge is -2.32. The average molecular weight is 361 g/mol. The third-order valence-electron chi connectivity index (χ3n) is 5.06. The molecule has 2 aliphatic heterocycles. The summed E-state index contributed by atoms with van der Waals surface area (Å²) in [5.41, 5.74) is 0. The second-order valence-corrected chi connectivity index (χ2v) is 9.14. The molecule has 1 atom stereocenters. The van der Waals surface area contributed by atoms with Crippen molar-refractivity contribution in [3.63, 3.8) is 0 Å². The van der Waals surface area contributed by atoms with Crippen molar-refractivity contribution in [2.45, 2.75) is 26.2 Å². The molecule has 0 radical (unpaired) electrons. The van der Waals surface area contributed by atoms with Crippen molar-refractivity contribution >= 4 is 15.9 Å². The number of carbonyl (C=O) groups excluding carboxylic acids is 1. The van der Waals surface area contributed by atoms with Gasteiger partial charge >= 0.3 is 0 Å². The molecule has 2 heterocycles. The second kappa shape index (κ2) is 9.12. The van der Waals surface area contributed by atoms with Crippen molar-refractivity contribution in [3.05, 3.63) is 0 Å². The molecule has 0 aromatic heterocycles. The molecular weight excluding hydrogens is 328 g/mol. The highest BCUT2D eigenvalue weighted by molar-refractivity contribution is 7.89. The molecule has 0 bridgehead atoms. The molecule has 0 aliphatic carbocycles. The number of carbonyl (C=O) groups is 1. The molecule has 1 unspecified atom stereocenters. The van der Waals surface area contributed by atoms with Crippen LogP contribution in [0, 0.1) is 5.92 Å². The third-order valence-corrected chi connectivity index (χ3v) is 6.91. The predicted molar refractivity (Wildman–Crippen MR) is 95.3 cm³/mol. The zero-order valence-electron chi connectivity index (χ0n) is 15.0. The molecule has 0 saturated carbocycles. The van der Waals surface area contributed by atoms with E-state index in [1.54, 1.807) is 6.92 Å². The molecule has 0 aromatic rings. The number of piperazine rings is 1. The summed E-state index contributed by atoms with van der Waals surface area (Å²) in [7, 11) is -1.05. The molecule has 0 aromatic carbocycles. The van der Waals surface area contributed by atoms with E-state index in [0.29, 0.717) is 19.6 Å². The molecule has 2 saturated heterocycles. The minimum atomic E-state index is -3.19. The van der Waals surface area contributed by atoms with Gasteiger partial charge in [0, 0.05) is 45.8 Å². The van der Waals surface area contributed by atoms with Crippen LogP contribution in [-0.4, -0.2) is 93.6 Å². The van der Waals surface area contributed by atoms with Crippen LogP contribution in [0.25, 0.3) is 0 Å². The summed E-state index contributed by atoms with van der Waals surface area (Å²) >= 11 is 0. The van der Waals surface area contributed by atoms with E-state index in [0.717, 1.165) is 52.0 Å². The Kier molecular flexibility index (Phi) is 7.46. The number of amides is 1. The van der Waals surface area contributed by atoms with Gasteiger partial charge in [0.2, 0.25) is 15.9 Å². The minimum absolute atomic E-state index is 0.00406. The number of hydrogen-bond acceptors (Lipinski definition) is 5. The van der Waals surface area contributed by atoms with Crippen LogP contribution in [0.15, 0.2) is 0 Å². The highest BCUT2D eigenvalue weighted by Crippen LogP contribution is 2.19. The topological polar surface area (TPSA) is 73.0 Å². The van der Waals surface area contributed by atoms with Crippen LogP contribution in [-0.2, 0) is 14.8 Å². The fourth-order valence-electron chi connectivity index (χ4n) is 3.32. The number of hydrogen-bond donors (Lipinski definition) is 1. The minimum Gasteiger partial charge on any atom is -0.356 e. The zero-order chi connectivity index (χ0) is 17.6. The Morgan fingerprint density at radius 3 is 2.54 bits per heavy atom. The summed E-state index contributed by atoms with van der Waals surface area (Å²) in [5, 5.41) is 2.99. The number of nitrogens with zero attached hydrogens (tertiary/aromatic N) is 3. The van der Waals surface area contributed by atoms with Crippen LogP contribution in [0.3, 0.4) is 0 Å². The number of piperidine rings is 1. The van der Waals surface area contributed by atoms with Gasteiger partial charge in [0.15, 0.2) is 0 Å². The molecule has 8 heteroatoms. The predicted octanol–water partition coefficient (Wildman–Crippen LogP) is -0.198. The number of nitrogens with one attached hydrogen (secondary N) is 1. The number of likely N-dealkylation sites (N-methyl/N-ethyl adjacent to an activating group) is 1. The molecule has 2 fully saturated rings. The maximum Gasteiger partial charge on any atom is 0.224 e. The quantitative estimate of drug-likeness (QED) is 0.637. The third kappa shape index (κ3) is 5.68. The summed E-state index contributed by atoms with van der Waals surface area (Å²) in [6.07, 6.45) is 2.48. The van der Waals surface area contributed by atoms with E-state index in [2.05, 4.69) is 22.2 Å². The van der Waals surface area contributed by atoms with Crippen LogP contribution in [0.4, 0.5) is 0 Å². The van der Waals surface area contributed by atoms with E-state index in [-0.39, 0.29) is 17.6 Å². The van der Waals surface area contributed by atoms with Crippen LogP contribution in [0.5, 0.6) is 0 Å². The molecule has 0 spiro atoms. The molecule has 24 heavy (non-hydrogen) atoms. The monoisotopic (exact) mass is 360 g/mol. The van der Waals surface area contributed by atoms with Gasteiger partial charge in [-0.1, -0.05) is 0 Å². The smallest absolute Gasteiger partial charge is 0.224 e. The summed E-state index contributed by atoms with van der Waals surface area (Å²) in [6.45, 7) is 8.61. The number of rotatable bonds is 7. The summed E-state index contributed by atoms with van der Waals surface area (Å²) in [4.78, 5) is 17.1. The fourth-order valence-corrected chi connectivity index (χ4v) is 4.50. The lowest BCUT2D eigenvalue weighted by molar-refractivity contribution is -0.126. The van der Waals surface area contributed by atoms with E-state index in [4.69, 9.17) is 0 Å². The largest absolute Gasteiger partial charge is 0.356 e. The highest BCUT2D eigenvalue weighted by Gasteiger charge is 2.31. The zero-order valence-corrected chi connectivity index (χ0v) is 15.9. The van der Waals surface area contributed by atoms with E-state index in [9.17, 15) is 13.2 Å². The Morgan fingerprint density at radius 1 is 1.17 bits per heavy atom. The van der Waals surface area contributed by atoms with Crippen molar-refractivity contribution in [2.24, 2.45) is 5.92 Å². The molecule has 2 rings (SSSR count). The van der Waals surface area contributed by atoms with Gasteiger partial charge in [-0.05, 0) is 39.8 Å². The first-order valence-corrected chi connectivity index (χ1v) is 10.7. The van der Waals surface area contributed by atoms with Gasteiger partial charge in [-0.3, -0.25) is 4.79 Å². The Labute approximate surface area is 146 Å². The lowest BCUT2D eigenvalue weighted by Crippen LogP contribution is -2.47. The first-order chi connectivity index (χ1) is 11.4. The van der Waals surface area contributed by atoms with E-state index >= 15 is 0 Å². The first-order valence-electron chi connectivity index (χ1n) is 9.09. The van der Waals surface area contributed by atoms with Gasteiger partial charge in [0.25, 0.3) is 0 Å². The Balaban J connectivity index is 1.67. The van der Waals surface area contributed by atoms with Crippen molar-refractivity contribution in [1.82, 2.24) is 19.4 Å². The normalized spacial score (nSPS) is 24.8. The number of sulfonamides is 1. The second-order valence-electron chi connectivity index (χ2n) is 6.89. The maximum atomic E-state index is 12.3. The molecule has 2 aliphatic rings. The Bertz CT molecular complexity index is 503. The van der Waals surface area contributed by atoms with Gasteiger partial charge in [-0.15, -0.1) is 0 Å². The van der Waals surface area contributed by atoms with Crippen molar-refractivity contribution in [1.29, 1.82) is 0 Å². The van der Waals surface area contributed by atoms with E-state index in [1.165, 1.54) is 4.31 Å². The van der Waals surface area contributed by atoms with Gasteiger partial charge in [0.1, 0.15) is 0 Å². The molecule has 7 nitrogen and oxygen atoms in total. The van der Waals surface area contributed by atoms with E-state index in [1.807, 2.05) is 0 Å². The molecule has 140 valence electrons. The van der Waals surface area contributed by atoms with Crippen LogP contribution in [0.2, 0.25) is 0 Å². The standard InChI is InChI=1S/C16H32N4O3S/c1-3-24(22,23)20-9-4-6-15(14-20)16(21)17-7-5-8-19-12-10-18(2)11-13-19/h15H,3-14H2,1-2H3,(H,17,21). The Morgan fingerprint density at radius 2 is 1.88 bits per heavy atom. The fraction of sp³-hybridized carbons (Fsp3) is 0.938. The van der Waals surface area contributed by atoms with Crippen LogP contribution < -0.4 is 5.32 Å². The first kappa shape index (κ1) is 19.6. The Hall–Kier alpha value is -0.700.